The fraction of sp³-hybridized carbons (Fsp3) is 0.150. The molecule has 1 N–H and O–H groups in total. The number of fused-ring (bicyclic) bond motifs is 1. The summed E-state index contributed by atoms with van der Waals surface area (Å²) in [7, 11) is 5.41. The van der Waals surface area contributed by atoms with Crippen LogP contribution in [0.3, 0.4) is 0 Å². The number of furan rings is 1. The summed E-state index contributed by atoms with van der Waals surface area (Å²) < 4.78 is 7.42. The molecule has 0 aliphatic rings. The molecule has 0 atom stereocenters. The Labute approximate surface area is 156 Å². The van der Waals surface area contributed by atoms with Gasteiger partial charge < -0.3 is 19.2 Å². The number of nitrogens with one attached hydrogen (secondary N) is 1. The van der Waals surface area contributed by atoms with Crippen LogP contribution < -0.4 is 5.32 Å². The molecule has 0 fully saturated rings. The van der Waals surface area contributed by atoms with Crippen LogP contribution >= 0.6 is 0 Å². The van der Waals surface area contributed by atoms with Gasteiger partial charge in [0.2, 0.25) is 0 Å². The summed E-state index contributed by atoms with van der Waals surface area (Å²) in [4.78, 5) is 22.5. The minimum absolute atomic E-state index is 0.0264. The molecule has 0 unspecified atom stereocenters. The summed E-state index contributed by atoms with van der Waals surface area (Å²) in [5, 5.41) is 3.26. The van der Waals surface area contributed by atoms with Crippen molar-refractivity contribution < 1.29 is 9.21 Å². The topological polar surface area (TPSA) is 76.2 Å². The zero-order valence-corrected chi connectivity index (χ0v) is 15.3. The molecule has 0 saturated carbocycles. The van der Waals surface area contributed by atoms with E-state index in [1.807, 2.05) is 41.9 Å². The van der Waals surface area contributed by atoms with E-state index in [4.69, 9.17) is 4.42 Å². The van der Waals surface area contributed by atoms with Gasteiger partial charge in [-0.2, -0.15) is 0 Å². The van der Waals surface area contributed by atoms with E-state index in [0.29, 0.717) is 17.1 Å². The van der Waals surface area contributed by atoms with Crippen LogP contribution in [0.5, 0.6) is 0 Å². The van der Waals surface area contributed by atoms with E-state index in [9.17, 15) is 4.79 Å². The average molecular weight is 361 g/mol. The molecule has 0 bridgehead atoms. The number of benzene rings is 1. The van der Waals surface area contributed by atoms with E-state index < -0.39 is 0 Å². The lowest BCUT2D eigenvalue weighted by Crippen LogP contribution is -2.21. The van der Waals surface area contributed by atoms with Gasteiger partial charge in [-0.15, -0.1) is 0 Å². The van der Waals surface area contributed by atoms with Crippen LogP contribution in [0.1, 0.15) is 10.4 Å². The van der Waals surface area contributed by atoms with Gasteiger partial charge in [0.1, 0.15) is 11.3 Å². The molecule has 0 aliphatic heterocycles. The smallest absolute Gasteiger partial charge is 0.253 e. The van der Waals surface area contributed by atoms with Crippen molar-refractivity contribution in [3.63, 3.8) is 0 Å². The quantitative estimate of drug-likeness (QED) is 0.600. The van der Waals surface area contributed by atoms with E-state index >= 15 is 0 Å². The van der Waals surface area contributed by atoms with E-state index in [1.165, 1.54) is 0 Å². The van der Waals surface area contributed by atoms with Crippen LogP contribution in [0.15, 0.2) is 59.3 Å². The summed E-state index contributed by atoms with van der Waals surface area (Å²) in [5.41, 5.74) is 3.23. The first-order valence-electron chi connectivity index (χ1n) is 8.48. The van der Waals surface area contributed by atoms with Crippen molar-refractivity contribution in [1.82, 2.24) is 19.4 Å². The number of amides is 1. The summed E-state index contributed by atoms with van der Waals surface area (Å²) >= 11 is 0. The van der Waals surface area contributed by atoms with Gasteiger partial charge in [0.05, 0.1) is 18.0 Å². The van der Waals surface area contributed by atoms with Crippen molar-refractivity contribution in [1.29, 1.82) is 0 Å². The maximum Gasteiger partial charge on any atom is 0.253 e. The Morgan fingerprint density at radius 1 is 1.19 bits per heavy atom. The number of aromatic nitrogens is 3. The zero-order valence-electron chi connectivity index (χ0n) is 15.3. The second-order valence-corrected chi connectivity index (χ2v) is 6.43. The summed E-state index contributed by atoms with van der Waals surface area (Å²) in [5.74, 6) is 2.13. The summed E-state index contributed by atoms with van der Waals surface area (Å²) in [6, 6.07) is 13.0. The fourth-order valence-electron chi connectivity index (χ4n) is 2.89. The van der Waals surface area contributed by atoms with E-state index in [1.54, 1.807) is 43.6 Å². The van der Waals surface area contributed by atoms with Crippen molar-refractivity contribution in [2.45, 2.75) is 0 Å². The lowest BCUT2D eigenvalue weighted by atomic mass is 10.2. The van der Waals surface area contributed by atoms with Gasteiger partial charge in [-0.1, -0.05) is 0 Å². The van der Waals surface area contributed by atoms with Gasteiger partial charge in [-0.25, -0.2) is 9.97 Å². The van der Waals surface area contributed by atoms with E-state index in [0.717, 1.165) is 22.5 Å². The molecule has 1 amide bonds. The van der Waals surface area contributed by atoms with Crippen molar-refractivity contribution in [3.05, 3.63) is 60.5 Å². The maximum absolute atomic E-state index is 12.0. The molecule has 7 heteroatoms. The number of nitrogens with zero attached hydrogens (tertiary/aromatic N) is 4. The van der Waals surface area contributed by atoms with Gasteiger partial charge in [0.25, 0.3) is 5.91 Å². The molecule has 7 nitrogen and oxygen atoms in total. The van der Waals surface area contributed by atoms with Crippen molar-refractivity contribution >= 4 is 28.4 Å². The molecule has 27 heavy (non-hydrogen) atoms. The number of pyridine rings is 1. The van der Waals surface area contributed by atoms with Gasteiger partial charge in [-0.05, 0) is 36.4 Å². The Balaban J connectivity index is 1.61. The van der Waals surface area contributed by atoms with Gasteiger partial charge in [0, 0.05) is 38.5 Å². The van der Waals surface area contributed by atoms with Gasteiger partial charge >= 0.3 is 0 Å². The van der Waals surface area contributed by atoms with Crippen LogP contribution in [0.25, 0.3) is 22.6 Å². The second kappa shape index (κ2) is 6.60. The molecule has 0 aliphatic carbocycles. The monoisotopic (exact) mass is 361 g/mol. The molecule has 0 radical (unpaired) electrons. The maximum atomic E-state index is 12.0. The third-order valence-electron chi connectivity index (χ3n) is 4.32. The van der Waals surface area contributed by atoms with Crippen molar-refractivity contribution in [3.8, 4) is 11.6 Å². The molecule has 3 heterocycles. The first kappa shape index (κ1) is 16.8. The van der Waals surface area contributed by atoms with Crippen LogP contribution in [0.2, 0.25) is 0 Å². The fourth-order valence-corrected chi connectivity index (χ4v) is 2.89. The lowest BCUT2D eigenvalue weighted by Gasteiger charge is -2.11. The first-order chi connectivity index (χ1) is 13.0. The minimum Gasteiger partial charge on any atom is -0.461 e. The Bertz CT molecular complexity index is 1100. The highest BCUT2D eigenvalue weighted by Crippen LogP contribution is 2.26. The molecule has 0 spiro atoms. The third kappa shape index (κ3) is 3.15. The molecular formula is C20H19N5O2. The highest BCUT2D eigenvalue weighted by Gasteiger charge is 2.13. The predicted octanol–water partition coefficient (Wildman–Crippen LogP) is 3.67. The Kier molecular flexibility index (Phi) is 4.12. The number of imidazole rings is 1. The second-order valence-electron chi connectivity index (χ2n) is 6.43. The summed E-state index contributed by atoms with van der Waals surface area (Å²) in [6.07, 6.45) is 3.36. The Morgan fingerprint density at radius 3 is 2.63 bits per heavy atom. The zero-order chi connectivity index (χ0) is 19.0. The third-order valence-corrected chi connectivity index (χ3v) is 4.32. The number of aryl methyl sites for hydroxylation is 1. The average Bonchev–Trinajstić information content (AvgIpc) is 3.30. The predicted molar refractivity (Wildman–Crippen MR) is 104 cm³/mol. The molecule has 136 valence electrons. The van der Waals surface area contributed by atoms with E-state index in [2.05, 4.69) is 15.3 Å². The molecule has 1 aromatic carbocycles. The minimum atomic E-state index is -0.0264. The highest BCUT2D eigenvalue weighted by atomic mass is 16.3. The molecule has 3 aromatic heterocycles. The lowest BCUT2D eigenvalue weighted by molar-refractivity contribution is 0.0827. The SMILES string of the molecule is CN(C)C(=O)c1ccc(Nc2cc3c(cn2)nc(-c2ccco2)n3C)cc1. The number of hydrogen-bond donors (Lipinski definition) is 1. The largest absolute Gasteiger partial charge is 0.461 e. The number of hydrogen-bond acceptors (Lipinski definition) is 5. The number of rotatable bonds is 4. The van der Waals surface area contributed by atoms with Crippen LogP contribution in [0, 0.1) is 0 Å². The molecular weight excluding hydrogens is 342 g/mol. The number of carbonyl (C=O) groups is 1. The number of carbonyl (C=O) groups excluding carboxylic acids is 1. The molecule has 4 rings (SSSR count). The molecule has 4 aromatic rings. The standard InChI is InChI=1S/C20H19N5O2/c1-24(2)20(26)13-6-8-14(9-7-13)22-18-11-16-15(12-21-18)23-19(25(16)3)17-5-4-10-27-17/h4-12H,1-3H3,(H,21,22). The molecule has 0 saturated heterocycles. The number of anilines is 2. The van der Waals surface area contributed by atoms with E-state index in [-0.39, 0.29) is 5.91 Å². The van der Waals surface area contributed by atoms with Crippen molar-refractivity contribution in [2.24, 2.45) is 7.05 Å². The van der Waals surface area contributed by atoms with Crippen LogP contribution in [-0.4, -0.2) is 39.4 Å². The van der Waals surface area contributed by atoms with Crippen LogP contribution in [0.4, 0.5) is 11.5 Å². The Morgan fingerprint density at radius 2 is 1.96 bits per heavy atom. The normalized spacial score (nSPS) is 10.9. The van der Waals surface area contributed by atoms with Gasteiger partial charge in [0.15, 0.2) is 11.6 Å². The van der Waals surface area contributed by atoms with Crippen LogP contribution in [-0.2, 0) is 7.05 Å². The van der Waals surface area contributed by atoms with Crippen molar-refractivity contribution in [2.75, 3.05) is 19.4 Å². The first-order valence-corrected chi connectivity index (χ1v) is 8.48. The Hall–Kier alpha value is -3.61. The highest BCUT2D eigenvalue weighted by molar-refractivity contribution is 5.94. The summed E-state index contributed by atoms with van der Waals surface area (Å²) in [6.45, 7) is 0. The van der Waals surface area contributed by atoms with Gasteiger partial charge in [-0.3, -0.25) is 4.79 Å².